The molecule has 1 aromatic carbocycles. The van der Waals surface area contributed by atoms with Crippen LogP contribution in [0.1, 0.15) is 44.0 Å². The van der Waals surface area contributed by atoms with Crippen molar-refractivity contribution in [2.24, 2.45) is 5.92 Å². The quantitative estimate of drug-likeness (QED) is 0.825. The van der Waals surface area contributed by atoms with Gasteiger partial charge in [0.2, 0.25) is 0 Å². The zero-order valence-electron chi connectivity index (χ0n) is 15.6. The second kappa shape index (κ2) is 7.36. The third kappa shape index (κ3) is 4.15. The van der Waals surface area contributed by atoms with Crippen LogP contribution in [0.15, 0.2) is 42.6 Å². The van der Waals surface area contributed by atoms with Crippen LogP contribution in [0, 0.1) is 5.92 Å². The fraction of sp³-hybridized carbons (Fsp3) is 0.429. The first-order chi connectivity index (χ1) is 12.3. The minimum Gasteiger partial charge on any atom is -0.444 e. The summed E-state index contributed by atoms with van der Waals surface area (Å²) in [6, 6.07) is 11.7. The number of Topliss-reactive ketones (excluding diaryl/α,β-unsaturated/α-hetero) is 1. The number of hydrogen-bond donors (Lipinski definition) is 1. The van der Waals surface area contributed by atoms with Gasteiger partial charge in [0.25, 0.3) is 0 Å². The zero-order valence-corrected chi connectivity index (χ0v) is 15.6. The van der Waals surface area contributed by atoms with Crippen molar-refractivity contribution >= 4 is 11.9 Å². The largest absolute Gasteiger partial charge is 0.444 e. The van der Waals surface area contributed by atoms with Gasteiger partial charge in [0.05, 0.1) is 5.69 Å². The number of benzene rings is 1. The molecule has 3 rings (SSSR count). The summed E-state index contributed by atoms with van der Waals surface area (Å²) in [5.74, 6) is 0.0842. The van der Waals surface area contributed by atoms with Crippen molar-refractivity contribution in [2.45, 2.75) is 39.2 Å². The van der Waals surface area contributed by atoms with E-state index in [1.54, 1.807) is 4.90 Å². The van der Waals surface area contributed by atoms with E-state index in [2.05, 4.69) is 4.98 Å². The number of H-pyrrole nitrogens is 1. The molecule has 0 unspecified atom stereocenters. The fourth-order valence-electron chi connectivity index (χ4n) is 3.29. The van der Waals surface area contributed by atoms with Gasteiger partial charge < -0.3 is 14.6 Å². The van der Waals surface area contributed by atoms with Gasteiger partial charge in [0.15, 0.2) is 5.78 Å². The molecule has 1 fully saturated rings. The number of rotatable bonds is 3. The first kappa shape index (κ1) is 18.2. The Balaban J connectivity index is 1.65. The van der Waals surface area contributed by atoms with E-state index >= 15 is 0 Å². The van der Waals surface area contributed by atoms with Crippen LogP contribution in [0.2, 0.25) is 0 Å². The molecule has 2 heterocycles. The molecule has 0 saturated carbocycles. The number of carbonyl (C=O) groups excluding carboxylic acids is 2. The van der Waals surface area contributed by atoms with E-state index < -0.39 is 5.60 Å². The standard InChI is InChI=1S/C21H26N2O3/c1-21(2,3)26-20(25)23-13-10-16(11-14-23)19(24)17-9-12-22-18(17)15-7-5-4-6-8-15/h4-9,12,16,22H,10-11,13-14H2,1-3H3. The average Bonchev–Trinajstić information content (AvgIpc) is 3.10. The molecular formula is C21H26N2O3. The molecule has 1 aromatic heterocycles. The second-order valence-corrected chi connectivity index (χ2v) is 7.74. The van der Waals surface area contributed by atoms with E-state index in [-0.39, 0.29) is 17.8 Å². The van der Waals surface area contributed by atoms with Gasteiger partial charge >= 0.3 is 6.09 Å². The number of hydrogen-bond acceptors (Lipinski definition) is 3. The number of ether oxygens (including phenoxy) is 1. The van der Waals surface area contributed by atoms with Crippen molar-refractivity contribution in [3.63, 3.8) is 0 Å². The van der Waals surface area contributed by atoms with Gasteiger partial charge in [-0.05, 0) is 45.2 Å². The molecule has 1 aliphatic rings. The van der Waals surface area contributed by atoms with E-state index in [1.807, 2.05) is 63.4 Å². The fourth-order valence-corrected chi connectivity index (χ4v) is 3.29. The SMILES string of the molecule is CC(C)(C)OC(=O)N1CCC(C(=O)c2cc[nH]c2-c2ccccc2)CC1. The monoisotopic (exact) mass is 354 g/mol. The molecule has 0 aliphatic carbocycles. The molecule has 1 N–H and O–H groups in total. The third-order valence-corrected chi connectivity index (χ3v) is 4.59. The van der Waals surface area contributed by atoms with Crippen molar-refractivity contribution in [3.05, 3.63) is 48.2 Å². The summed E-state index contributed by atoms with van der Waals surface area (Å²) in [6.07, 6.45) is 2.84. The van der Waals surface area contributed by atoms with Crippen LogP contribution in [-0.2, 0) is 4.74 Å². The van der Waals surface area contributed by atoms with Crippen LogP contribution in [0.25, 0.3) is 11.3 Å². The summed E-state index contributed by atoms with van der Waals surface area (Å²) >= 11 is 0. The summed E-state index contributed by atoms with van der Waals surface area (Å²) < 4.78 is 5.42. The van der Waals surface area contributed by atoms with Gasteiger partial charge in [-0.3, -0.25) is 4.79 Å². The minimum atomic E-state index is -0.501. The molecule has 1 amide bonds. The summed E-state index contributed by atoms with van der Waals surface area (Å²) in [6.45, 7) is 6.68. The van der Waals surface area contributed by atoms with Crippen molar-refractivity contribution < 1.29 is 14.3 Å². The Morgan fingerprint density at radius 1 is 1.08 bits per heavy atom. The summed E-state index contributed by atoms with van der Waals surface area (Å²) in [4.78, 5) is 30.1. The van der Waals surface area contributed by atoms with Gasteiger partial charge in [0, 0.05) is 30.8 Å². The van der Waals surface area contributed by atoms with Crippen molar-refractivity contribution in [1.82, 2.24) is 9.88 Å². The Labute approximate surface area is 154 Å². The summed E-state index contributed by atoms with van der Waals surface area (Å²) in [5.41, 5.74) is 2.10. The average molecular weight is 354 g/mol. The Bertz CT molecular complexity index is 766. The summed E-state index contributed by atoms with van der Waals surface area (Å²) in [7, 11) is 0. The van der Waals surface area contributed by atoms with Crippen molar-refractivity contribution in [1.29, 1.82) is 0 Å². The predicted octanol–water partition coefficient (Wildman–Crippen LogP) is 4.51. The number of likely N-dealkylation sites (tertiary alicyclic amines) is 1. The van der Waals surface area contributed by atoms with E-state index in [4.69, 9.17) is 4.74 Å². The lowest BCUT2D eigenvalue weighted by molar-refractivity contribution is 0.0182. The molecule has 1 saturated heterocycles. The first-order valence-electron chi connectivity index (χ1n) is 9.10. The number of amides is 1. The zero-order chi connectivity index (χ0) is 18.7. The van der Waals surface area contributed by atoms with Gasteiger partial charge in [0.1, 0.15) is 5.60 Å². The Morgan fingerprint density at radius 3 is 2.35 bits per heavy atom. The number of nitrogens with zero attached hydrogens (tertiary/aromatic N) is 1. The third-order valence-electron chi connectivity index (χ3n) is 4.59. The smallest absolute Gasteiger partial charge is 0.410 e. The highest BCUT2D eigenvalue weighted by Crippen LogP contribution is 2.28. The van der Waals surface area contributed by atoms with Crippen LogP contribution in [0.4, 0.5) is 4.79 Å². The highest BCUT2D eigenvalue weighted by atomic mass is 16.6. The topological polar surface area (TPSA) is 62.4 Å². The molecule has 26 heavy (non-hydrogen) atoms. The highest BCUT2D eigenvalue weighted by Gasteiger charge is 2.31. The molecule has 0 bridgehead atoms. The Hall–Kier alpha value is -2.56. The van der Waals surface area contributed by atoms with Gasteiger partial charge in [-0.25, -0.2) is 4.79 Å². The molecule has 5 nitrogen and oxygen atoms in total. The lowest BCUT2D eigenvalue weighted by atomic mass is 9.88. The van der Waals surface area contributed by atoms with E-state index in [0.717, 1.165) is 16.8 Å². The maximum absolute atomic E-state index is 13.0. The predicted molar refractivity (Wildman–Crippen MR) is 101 cm³/mol. The molecule has 0 spiro atoms. The van der Waals surface area contributed by atoms with E-state index in [9.17, 15) is 9.59 Å². The van der Waals surface area contributed by atoms with Crippen LogP contribution in [0.5, 0.6) is 0 Å². The van der Waals surface area contributed by atoms with Gasteiger partial charge in [-0.15, -0.1) is 0 Å². The number of carbonyl (C=O) groups is 2. The number of nitrogens with one attached hydrogen (secondary N) is 1. The van der Waals surface area contributed by atoms with E-state index in [0.29, 0.717) is 25.9 Å². The lowest BCUT2D eigenvalue weighted by Crippen LogP contribution is -2.43. The molecular weight excluding hydrogens is 328 g/mol. The minimum absolute atomic E-state index is 0.0630. The van der Waals surface area contributed by atoms with Crippen LogP contribution in [0.3, 0.4) is 0 Å². The van der Waals surface area contributed by atoms with Crippen LogP contribution >= 0.6 is 0 Å². The van der Waals surface area contributed by atoms with Crippen LogP contribution in [-0.4, -0.2) is 40.5 Å². The number of aromatic amines is 1. The molecule has 0 radical (unpaired) electrons. The van der Waals surface area contributed by atoms with E-state index in [1.165, 1.54) is 0 Å². The maximum Gasteiger partial charge on any atom is 0.410 e. The van der Waals surface area contributed by atoms with Crippen molar-refractivity contribution in [3.8, 4) is 11.3 Å². The molecule has 2 aromatic rings. The first-order valence-corrected chi connectivity index (χ1v) is 9.10. The molecule has 0 atom stereocenters. The number of aromatic nitrogens is 1. The van der Waals surface area contributed by atoms with Gasteiger partial charge in [-0.2, -0.15) is 0 Å². The molecule has 1 aliphatic heterocycles. The Morgan fingerprint density at radius 2 is 1.73 bits per heavy atom. The summed E-state index contributed by atoms with van der Waals surface area (Å²) in [5, 5.41) is 0. The molecule has 138 valence electrons. The highest BCUT2D eigenvalue weighted by molar-refractivity contribution is 6.03. The number of piperidine rings is 1. The van der Waals surface area contributed by atoms with Crippen molar-refractivity contribution in [2.75, 3.05) is 13.1 Å². The number of ketones is 1. The lowest BCUT2D eigenvalue weighted by Gasteiger charge is -2.33. The van der Waals surface area contributed by atoms with Crippen LogP contribution < -0.4 is 0 Å². The Kier molecular flexibility index (Phi) is 5.16. The second-order valence-electron chi connectivity index (χ2n) is 7.74. The van der Waals surface area contributed by atoms with Gasteiger partial charge in [-0.1, -0.05) is 30.3 Å². The normalized spacial score (nSPS) is 15.7. The molecule has 5 heteroatoms. The maximum atomic E-state index is 13.0.